The van der Waals surface area contributed by atoms with Gasteiger partial charge in [-0.1, -0.05) is 50.6 Å². The van der Waals surface area contributed by atoms with Gasteiger partial charge < -0.3 is 0 Å². The monoisotopic (exact) mass is 188 g/mol. The van der Waals surface area contributed by atoms with Crippen molar-refractivity contribution in [2.45, 2.75) is 39.0 Å². The minimum atomic E-state index is 0.830. The van der Waals surface area contributed by atoms with Crippen molar-refractivity contribution in [2.24, 2.45) is 11.8 Å². The molecule has 1 aliphatic carbocycles. The average molecular weight is 188 g/mol. The first-order chi connectivity index (χ1) is 6.79. The molecule has 0 saturated heterocycles. The minimum Gasteiger partial charge on any atom is -0.0625 e. The molecule has 0 amide bonds. The van der Waals surface area contributed by atoms with Crippen LogP contribution in [-0.4, -0.2) is 0 Å². The summed E-state index contributed by atoms with van der Waals surface area (Å²) >= 11 is 0. The molecule has 0 aromatic heterocycles. The predicted molar refractivity (Wildman–Crippen MR) is 61.4 cm³/mol. The van der Waals surface area contributed by atoms with Crippen LogP contribution in [0.2, 0.25) is 0 Å². The third-order valence-electron chi connectivity index (χ3n) is 3.65. The molecule has 14 heavy (non-hydrogen) atoms. The van der Waals surface area contributed by atoms with Crippen molar-refractivity contribution >= 4 is 0 Å². The summed E-state index contributed by atoms with van der Waals surface area (Å²) in [5, 5.41) is 0. The Morgan fingerprint density at radius 2 is 1.79 bits per heavy atom. The summed E-state index contributed by atoms with van der Waals surface area (Å²) in [7, 11) is 0. The van der Waals surface area contributed by atoms with Crippen LogP contribution in [0.25, 0.3) is 0 Å². The standard InChI is InChI=1S/C14H20/c1-11(2)13-9-6-10-14(13)12-7-4-3-5-8-12/h3-5,7-8,11,13-14H,6,9-10H2,1-2H3. The highest BCUT2D eigenvalue weighted by Gasteiger charge is 2.30. The third-order valence-corrected chi connectivity index (χ3v) is 3.65. The van der Waals surface area contributed by atoms with Crippen LogP contribution in [0.15, 0.2) is 30.3 Å². The van der Waals surface area contributed by atoms with Crippen molar-refractivity contribution in [1.82, 2.24) is 0 Å². The lowest BCUT2D eigenvalue weighted by atomic mass is 9.82. The van der Waals surface area contributed by atoms with Gasteiger partial charge in [-0.15, -0.1) is 0 Å². The van der Waals surface area contributed by atoms with Gasteiger partial charge in [-0.05, 0) is 36.2 Å². The van der Waals surface area contributed by atoms with Crippen LogP contribution >= 0.6 is 0 Å². The molecule has 76 valence electrons. The molecule has 0 heterocycles. The largest absolute Gasteiger partial charge is 0.0625 e. The van der Waals surface area contributed by atoms with Gasteiger partial charge in [-0.2, -0.15) is 0 Å². The van der Waals surface area contributed by atoms with E-state index in [1.54, 1.807) is 5.56 Å². The smallest absolute Gasteiger partial charge is 0.0131 e. The average Bonchev–Trinajstić information content (AvgIpc) is 2.67. The van der Waals surface area contributed by atoms with Gasteiger partial charge >= 0.3 is 0 Å². The normalized spacial score (nSPS) is 27.1. The van der Waals surface area contributed by atoms with E-state index in [4.69, 9.17) is 0 Å². The molecule has 1 aromatic rings. The Labute approximate surface area is 87.3 Å². The van der Waals surface area contributed by atoms with Gasteiger partial charge in [-0.25, -0.2) is 0 Å². The Bertz CT molecular complexity index is 273. The van der Waals surface area contributed by atoms with Crippen molar-refractivity contribution in [3.05, 3.63) is 35.9 Å². The van der Waals surface area contributed by atoms with Gasteiger partial charge in [0.1, 0.15) is 0 Å². The third kappa shape index (κ3) is 1.84. The summed E-state index contributed by atoms with van der Waals surface area (Å²) in [5.74, 6) is 2.58. The predicted octanol–water partition coefficient (Wildman–Crippen LogP) is 4.23. The number of hydrogen-bond donors (Lipinski definition) is 0. The Kier molecular flexibility index (Phi) is 2.90. The van der Waals surface area contributed by atoms with Crippen molar-refractivity contribution in [3.63, 3.8) is 0 Å². The zero-order valence-corrected chi connectivity index (χ0v) is 9.24. The fourth-order valence-electron chi connectivity index (χ4n) is 2.90. The fourth-order valence-corrected chi connectivity index (χ4v) is 2.90. The van der Waals surface area contributed by atoms with Crippen molar-refractivity contribution in [2.75, 3.05) is 0 Å². The van der Waals surface area contributed by atoms with E-state index in [-0.39, 0.29) is 0 Å². The lowest BCUT2D eigenvalue weighted by Gasteiger charge is -2.23. The maximum atomic E-state index is 2.37. The van der Waals surface area contributed by atoms with Crippen LogP contribution in [0, 0.1) is 11.8 Å². The van der Waals surface area contributed by atoms with Gasteiger partial charge in [0.2, 0.25) is 0 Å². The second-order valence-corrected chi connectivity index (χ2v) is 4.86. The van der Waals surface area contributed by atoms with Gasteiger partial charge in [-0.3, -0.25) is 0 Å². The maximum absolute atomic E-state index is 2.37. The van der Waals surface area contributed by atoms with Gasteiger partial charge in [0.05, 0.1) is 0 Å². The lowest BCUT2D eigenvalue weighted by Crippen LogP contribution is -2.12. The molecule has 0 aliphatic heterocycles. The van der Waals surface area contributed by atoms with Gasteiger partial charge in [0.25, 0.3) is 0 Å². The molecule has 0 radical (unpaired) electrons. The molecule has 2 unspecified atom stereocenters. The van der Waals surface area contributed by atoms with Crippen LogP contribution < -0.4 is 0 Å². The van der Waals surface area contributed by atoms with Crippen LogP contribution in [-0.2, 0) is 0 Å². The molecule has 2 atom stereocenters. The molecule has 0 nitrogen and oxygen atoms in total. The molecule has 1 saturated carbocycles. The van der Waals surface area contributed by atoms with Gasteiger partial charge in [0.15, 0.2) is 0 Å². The quantitative estimate of drug-likeness (QED) is 0.651. The Morgan fingerprint density at radius 3 is 2.43 bits per heavy atom. The molecule has 1 fully saturated rings. The highest BCUT2D eigenvalue weighted by molar-refractivity contribution is 5.21. The Balaban J connectivity index is 2.18. The summed E-state index contributed by atoms with van der Waals surface area (Å²) in [6.07, 6.45) is 4.24. The van der Waals surface area contributed by atoms with Crippen LogP contribution in [0.4, 0.5) is 0 Å². The first-order valence-electron chi connectivity index (χ1n) is 5.84. The fraction of sp³-hybridized carbons (Fsp3) is 0.571. The van der Waals surface area contributed by atoms with E-state index in [0.29, 0.717) is 0 Å². The molecular weight excluding hydrogens is 168 g/mol. The van der Waals surface area contributed by atoms with Crippen molar-refractivity contribution in [1.29, 1.82) is 0 Å². The summed E-state index contributed by atoms with van der Waals surface area (Å²) in [5.41, 5.74) is 1.56. The van der Waals surface area contributed by atoms with E-state index in [2.05, 4.69) is 44.2 Å². The summed E-state index contributed by atoms with van der Waals surface area (Å²) < 4.78 is 0. The molecule has 0 bridgehead atoms. The minimum absolute atomic E-state index is 0.830. The molecule has 1 aromatic carbocycles. The zero-order valence-electron chi connectivity index (χ0n) is 9.24. The van der Waals surface area contributed by atoms with Crippen LogP contribution in [0.5, 0.6) is 0 Å². The van der Waals surface area contributed by atoms with E-state index in [0.717, 1.165) is 17.8 Å². The van der Waals surface area contributed by atoms with E-state index in [1.807, 2.05) is 0 Å². The first-order valence-corrected chi connectivity index (χ1v) is 5.84. The van der Waals surface area contributed by atoms with E-state index in [1.165, 1.54) is 19.3 Å². The summed E-state index contributed by atoms with van der Waals surface area (Å²) in [6.45, 7) is 4.73. The molecule has 0 N–H and O–H groups in total. The Morgan fingerprint density at radius 1 is 1.07 bits per heavy atom. The molecule has 1 aliphatic rings. The summed E-state index contributed by atoms with van der Waals surface area (Å²) in [4.78, 5) is 0. The van der Waals surface area contributed by atoms with E-state index < -0.39 is 0 Å². The van der Waals surface area contributed by atoms with Crippen LogP contribution in [0.3, 0.4) is 0 Å². The molecular formula is C14H20. The lowest BCUT2D eigenvalue weighted by molar-refractivity contribution is 0.357. The van der Waals surface area contributed by atoms with Crippen molar-refractivity contribution < 1.29 is 0 Å². The zero-order chi connectivity index (χ0) is 9.97. The summed E-state index contributed by atoms with van der Waals surface area (Å²) in [6, 6.07) is 11.1. The number of benzene rings is 1. The second kappa shape index (κ2) is 4.16. The van der Waals surface area contributed by atoms with E-state index >= 15 is 0 Å². The molecule has 0 heteroatoms. The van der Waals surface area contributed by atoms with Gasteiger partial charge in [0, 0.05) is 0 Å². The van der Waals surface area contributed by atoms with Crippen LogP contribution in [0.1, 0.15) is 44.6 Å². The highest BCUT2D eigenvalue weighted by Crippen LogP contribution is 2.43. The number of rotatable bonds is 2. The molecule has 0 spiro atoms. The number of hydrogen-bond acceptors (Lipinski definition) is 0. The SMILES string of the molecule is CC(C)C1CCCC1c1ccccc1. The second-order valence-electron chi connectivity index (χ2n) is 4.86. The Hall–Kier alpha value is -0.780. The van der Waals surface area contributed by atoms with E-state index in [9.17, 15) is 0 Å². The van der Waals surface area contributed by atoms with Crippen molar-refractivity contribution in [3.8, 4) is 0 Å². The first kappa shape index (κ1) is 9.76. The topological polar surface area (TPSA) is 0 Å². The highest BCUT2D eigenvalue weighted by atomic mass is 14.3. The molecule has 2 rings (SSSR count). The maximum Gasteiger partial charge on any atom is -0.0131 e.